The third-order valence-electron chi connectivity index (χ3n) is 1.58. The van der Waals surface area contributed by atoms with Crippen molar-refractivity contribution in [1.82, 2.24) is 20.4 Å². The van der Waals surface area contributed by atoms with Gasteiger partial charge in [0.1, 0.15) is 8.64 Å². The van der Waals surface area contributed by atoms with E-state index in [1.54, 1.807) is 0 Å². The molecular formula is C10H18N4S8Zn. The standard InChI is InChI=1S/C6H12N2S4.C4H8N2S4.Zn/c1-7(2)5(9)11-12-6(10)8(3)4;7-3(8)5-1-2-6-4(9)10;/h1-4H3;1-2H2,(H2,5,7,8)(H2,6,9,10);/q;;+2/p-2. The fourth-order valence-electron chi connectivity index (χ4n) is 0.549. The first-order valence-corrected chi connectivity index (χ1v) is 10.3. The van der Waals surface area contributed by atoms with Crippen LogP contribution in [0.2, 0.25) is 0 Å². The van der Waals surface area contributed by atoms with Crippen LogP contribution in [-0.2, 0) is 44.7 Å². The van der Waals surface area contributed by atoms with Crippen LogP contribution in [0.3, 0.4) is 0 Å². The number of thiocarbonyl (C=S) groups is 4. The molecule has 0 aromatic rings. The van der Waals surface area contributed by atoms with E-state index in [0.717, 1.165) is 8.64 Å². The number of hydrogen-bond donors (Lipinski definition) is 2. The molecule has 0 aliphatic heterocycles. The van der Waals surface area contributed by atoms with Gasteiger partial charge in [-0.1, -0.05) is 33.1 Å². The Morgan fingerprint density at radius 1 is 0.783 bits per heavy atom. The molecular weight excluding hydrogens is 498 g/mol. The first kappa shape index (κ1) is 29.1. The van der Waals surface area contributed by atoms with Crippen molar-refractivity contribution < 1.29 is 19.5 Å². The molecule has 0 rings (SSSR count). The Balaban J connectivity index is -0.000000338. The van der Waals surface area contributed by atoms with Crippen LogP contribution in [0.25, 0.3) is 0 Å². The van der Waals surface area contributed by atoms with Crippen LogP contribution in [0.15, 0.2) is 0 Å². The Labute approximate surface area is 192 Å². The summed E-state index contributed by atoms with van der Waals surface area (Å²) in [6, 6.07) is 0. The summed E-state index contributed by atoms with van der Waals surface area (Å²) >= 11 is 28.5. The Morgan fingerprint density at radius 2 is 1.04 bits per heavy atom. The Hall–Kier alpha value is 1.32. The first-order valence-electron chi connectivity index (χ1n) is 5.74. The monoisotopic (exact) mass is 514 g/mol. The van der Waals surface area contributed by atoms with Gasteiger partial charge in [0.15, 0.2) is 0 Å². The van der Waals surface area contributed by atoms with Crippen molar-refractivity contribution in [3.05, 3.63) is 0 Å². The minimum Gasteiger partial charge on any atom is -0.412 e. The fraction of sp³-hybridized carbons (Fsp3) is 0.600. The van der Waals surface area contributed by atoms with Crippen LogP contribution in [0.4, 0.5) is 0 Å². The van der Waals surface area contributed by atoms with Gasteiger partial charge in [-0.25, -0.2) is 0 Å². The van der Waals surface area contributed by atoms with Crippen molar-refractivity contribution in [2.24, 2.45) is 0 Å². The molecule has 13 heteroatoms. The van der Waals surface area contributed by atoms with Gasteiger partial charge in [0.25, 0.3) is 0 Å². The molecule has 0 aromatic carbocycles. The van der Waals surface area contributed by atoms with Gasteiger partial charge in [-0.15, -0.1) is 0 Å². The summed E-state index contributed by atoms with van der Waals surface area (Å²) in [4.78, 5) is 3.79. The van der Waals surface area contributed by atoms with E-state index in [1.165, 1.54) is 21.6 Å². The molecule has 128 valence electrons. The van der Waals surface area contributed by atoms with Crippen molar-refractivity contribution in [3.8, 4) is 0 Å². The molecule has 0 fully saturated rings. The molecule has 0 aliphatic rings. The van der Waals surface area contributed by atoms with Gasteiger partial charge in [0.2, 0.25) is 0 Å². The molecule has 0 heterocycles. The topological polar surface area (TPSA) is 30.5 Å². The first-order chi connectivity index (χ1) is 10.1. The third-order valence-corrected chi connectivity index (χ3v) is 6.31. The molecule has 23 heavy (non-hydrogen) atoms. The summed E-state index contributed by atoms with van der Waals surface area (Å²) in [5, 5.41) is 5.56. The largest absolute Gasteiger partial charge is 2.00 e. The molecule has 4 nitrogen and oxygen atoms in total. The summed E-state index contributed by atoms with van der Waals surface area (Å²) in [5.41, 5.74) is 0. The summed E-state index contributed by atoms with van der Waals surface area (Å²) in [5.74, 6) is 0. The van der Waals surface area contributed by atoms with Gasteiger partial charge in [-0.3, -0.25) is 0 Å². The summed E-state index contributed by atoms with van der Waals surface area (Å²) in [6.07, 6.45) is 0. The van der Waals surface area contributed by atoms with E-state index in [2.05, 4.69) is 60.3 Å². The van der Waals surface area contributed by atoms with Crippen molar-refractivity contribution in [2.75, 3.05) is 41.3 Å². The zero-order valence-corrected chi connectivity index (χ0v) is 22.8. The molecule has 0 aliphatic carbocycles. The van der Waals surface area contributed by atoms with Crippen molar-refractivity contribution in [3.63, 3.8) is 0 Å². The quantitative estimate of drug-likeness (QED) is 0.189. The zero-order chi connectivity index (χ0) is 17.7. The van der Waals surface area contributed by atoms with E-state index in [4.69, 9.17) is 24.4 Å². The summed E-state index contributed by atoms with van der Waals surface area (Å²) < 4.78 is 2.42. The van der Waals surface area contributed by atoms with E-state index in [0.29, 0.717) is 21.7 Å². The normalized spacial score (nSPS) is 8.52. The van der Waals surface area contributed by atoms with Gasteiger partial charge in [0, 0.05) is 41.3 Å². The van der Waals surface area contributed by atoms with Crippen LogP contribution in [-0.4, -0.2) is 68.4 Å². The average Bonchev–Trinajstić information content (AvgIpc) is 2.40. The van der Waals surface area contributed by atoms with Crippen LogP contribution < -0.4 is 10.6 Å². The van der Waals surface area contributed by atoms with Gasteiger partial charge >= 0.3 is 19.5 Å². The van der Waals surface area contributed by atoms with Crippen LogP contribution in [0.5, 0.6) is 0 Å². The molecule has 0 saturated carbocycles. The second-order valence-corrected chi connectivity index (χ2v) is 9.46. The second kappa shape index (κ2) is 18.1. The van der Waals surface area contributed by atoms with Crippen molar-refractivity contribution >= 4 is 113 Å². The molecule has 0 saturated heterocycles. The predicted octanol–water partition coefficient (Wildman–Crippen LogP) is 1.89. The molecule has 0 unspecified atom stereocenters. The Kier molecular flexibility index (Phi) is 22.9. The van der Waals surface area contributed by atoms with E-state index >= 15 is 0 Å². The Morgan fingerprint density at radius 3 is 1.22 bits per heavy atom. The molecule has 0 atom stereocenters. The van der Waals surface area contributed by atoms with Gasteiger partial charge in [-0.2, -0.15) is 0 Å². The predicted molar refractivity (Wildman–Crippen MR) is 124 cm³/mol. The minimum absolute atomic E-state index is 0. The molecule has 0 amide bonds. The number of hydrogen-bond acceptors (Lipinski definition) is 8. The van der Waals surface area contributed by atoms with Crippen LogP contribution in [0, 0.1) is 0 Å². The maximum Gasteiger partial charge on any atom is 2.00 e. The molecule has 0 radical (unpaired) electrons. The molecule has 0 aromatic heterocycles. The smallest absolute Gasteiger partial charge is 0.412 e. The minimum atomic E-state index is 0. The number of nitrogens with zero attached hydrogens (tertiary/aromatic N) is 2. The van der Waals surface area contributed by atoms with E-state index in [-0.39, 0.29) is 19.5 Å². The van der Waals surface area contributed by atoms with Gasteiger partial charge in [-0.05, 0) is 21.6 Å². The summed E-state index contributed by atoms with van der Waals surface area (Å²) in [6.45, 7) is 1.33. The Bertz CT molecular complexity index is 355. The molecule has 2 N–H and O–H groups in total. The molecule has 0 spiro atoms. The van der Waals surface area contributed by atoms with Crippen LogP contribution >= 0.6 is 70.5 Å². The van der Waals surface area contributed by atoms with Gasteiger partial charge in [0.05, 0.1) is 0 Å². The van der Waals surface area contributed by atoms with E-state index < -0.39 is 0 Å². The van der Waals surface area contributed by atoms with Crippen molar-refractivity contribution in [2.45, 2.75) is 0 Å². The zero-order valence-electron chi connectivity index (χ0n) is 13.3. The van der Waals surface area contributed by atoms with Gasteiger partial charge < -0.3 is 70.1 Å². The number of nitrogens with one attached hydrogen (secondary N) is 2. The SMILES string of the molecule is CN(C)C(=S)SSC(=S)N(C)C.S=C([S-])NCCNC(=S)[S-].[Zn+2]. The second-order valence-electron chi connectivity index (χ2n) is 3.92. The summed E-state index contributed by atoms with van der Waals surface area (Å²) in [7, 11) is 10.7. The number of rotatable bonds is 3. The molecule has 0 bridgehead atoms. The van der Waals surface area contributed by atoms with Crippen LogP contribution in [0.1, 0.15) is 0 Å². The van der Waals surface area contributed by atoms with Crippen molar-refractivity contribution in [1.29, 1.82) is 0 Å². The fourth-order valence-corrected chi connectivity index (χ4v) is 3.33. The maximum atomic E-state index is 5.07. The maximum absolute atomic E-state index is 5.07. The average molecular weight is 516 g/mol. The van der Waals surface area contributed by atoms with E-state index in [9.17, 15) is 0 Å². The van der Waals surface area contributed by atoms with E-state index in [1.807, 2.05) is 38.0 Å². The third kappa shape index (κ3) is 23.3.